The molecule has 0 bridgehead atoms. The number of nitro groups is 1. The molecule has 0 spiro atoms. The van der Waals surface area contributed by atoms with E-state index in [1.165, 1.54) is 66.0 Å². The number of ketones is 1. The van der Waals surface area contributed by atoms with Gasteiger partial charge in [0.05, 0.1) is 45.5 Å². The smallest absolute Gasteiger partial charge is 0.311 e. The highest BCUT2D eigenvalue weighted by atomic mass is 35.5. The van der Waals surface area contributed by atoms with Crippen molar-refractivity contribution in [3.8, 4) is 28.7 Å². The summed E-state index contributed by atoms with van der Waals surface area (Å²) >= 11 is 6.37. The quantitative estimate of drug-likeness (QED) is 0.0908. The van der Waals surface area contributed by atoms with Crippen LogP contribution in [0.3, 0.4) is 0 Å². The number of allylic oxidation sites excluding steroid dienone is 1. The Morgan fingerprint density at radius 2 is 1.49 bits per heavy atom. The van der Waals surface area contributed by atoms with Crippen LogP contribution in [0.2, 0.25) is 5.02 Å². The van der Waals surface area contributed by atoms with E-state index in [1.807, 2.05) is 12.2 Å². The van der Waals surface area contributed by atoms with Crippen LogP contribution >= 0.6 is 11.6 Å². The van der Waals surface area contributed by atoms with E-state index in [1.54, 1.807) is 24.3 Å². The van der Waals surface area contributed by atoms with Crippen molar-refractivity contribution in [1.82, 2.24) is 0 Å². The Balaban J connectivity index is 1.90. The number of hydrogen-bond acceptors (Lipinski definition) is 9. The number of carbonyl (C=O) groups is 1. The van der Waals surface area contributed by atoms with E-state index in [0.717, 1.165) is 5.56 Å². The molecule has 204 valence electrons. The van der Waals surface area contributed by atoms with Crippen molar-refractivity contribution < 1.29 is 33.4 Å². The predicted molar refractivity (Wildman–Crippen MR) is 150 cm³/mol. The molecule has 39 heavy (non-hydrogen) atoms. The lowest BCUT2D eigenvalue weighted by Crippen LogP contribution is -2.00. The van der Waals surface area contributed by atoms with Gasteiger partial charge in [-0.25, -0.2) is 0 Å². The van der Waals surface area contributed by atoms with Gasteiger partial charge in [-0.3, -0.25) is 14.9 Å². The van der Waals surface area contributed by atoms with Crippen LogP contribution in [0.5, 0.6) is 28.7 Å². The molecule has 0 aliphatic heterocycles. The molecule has 0 unspecified atom stereocenters. The zero-order chi connectivity index (χ0) is 28.5. The van der Waals surface area contributed by atoms with Gasteiger partial charge in [0, 0.05) is 35.7 Å². The van der Waals surface area contributed by atoms with Crippen LogP contribution in [0.25, 0.3) is 12.2 Å². The SMILES string of the molecule is COc1cc(N/C=C\C(=O)c2ccc(OC)c([N+](=O)[O-])c2)c(/C=C\c2cc(OC)c(OC)c(OC)c2)cc1Cl. The molecule has 0 amide bonds. The van der Waals surface area contributed by atoms with Gasteiger partial charge in [-0.05, 0) is 41.5 Å². The maximum absolute atomic E-state index is 12.7. The second kappa shape index (κ2) is 13.2. The minimum absolute atomic E-state index is 0.0652. The topological polar surface area (TPSA) is 118 Å². The van der Waals surface area contributed by atoms with Gasteiger partial charge in [-0.15, -0.1) is 0 Å². The fraction of sp³-hybridized carbons (Fsp3) is 0.179. The standard InChI is InChI=1S/C28H27ClN2O8/c1-35-24-9-8-19(15-22(24)31(33)34)23(32)10-11-30-21-16-25(36-2)20(29)14-18(21)7-6-17-12-26(37-3)28(39-5)27(13-17)38-4/h6-16,30H,1-5H3/b7-6-,11-10-. The minimum atomic E-state index is -0.607. The Morgan fingerprint density at radius 3 is 2.05 bits per heavy atom. The van der Waals surface area contributed by atoms with Gasteiger partial charge in [-0.2, -0.15) is 0 Å². The number of carbonyl (C=O) groups excluding carboxylic acids is 1. The molecule has 0 saturated carbocycles. The lowest BCUT2D eigenvalue weighted by atomic mass is 10.1. The molecular formula is C28H27ClN2O8. The Kier molecular flexibility index (Phi) is 9.77. The Bertz CT molecular complexity index is 1410. The van der Waals surface area contributed by atoms with Crippen molar-refractivity contribution in [2.45, 2.75) is 0 Å². The molecule has 0 atom stereocenters. The summed E-state index contributed by atoms with van der Waals surface area (Å²) in [5, 5.41) is 14.7. The van der Waals surface area contributed by atoms with Gasteiger partial charge >= 0.3 is 5.69 Å². The summed E-state index contributed by atoms with van der Waals surface area (Å²) in [6, 6.07) is 11.0. The lowest BCUT2D eigenvalue weighted by Gasteiger charge is -2.13. The van der Waals surface area contributed by atoms with E-state index >= 15 is 0 Å². The predicted octanol–water partition coefficient (Wildman–Crippen LogP) is 6.27. The molecular weight excluding hydrogens is 528 g/mol. The Morgan fingerprint density at radius 1 is 0.846 bits per heavy atom. The van der Waals surface area contributed by atoms with E-state index in [-0.39, 0.29) is 17.0 Å². The van der Waals surface area contributed by atoms with Crippen LogP contribution in [0.15, 0.2) is 54.7 Å². The molecule has 0 aromatic heterocycles. The van der Waals surface area contributed by atoms with Crippen LogP contribution in [-0.2, 0) is 0 Å². The highest BCUT2D eigenvalue weighted by Crippen LogP contribution is 2.39. The average Bonchev–Trinajstić information content (AvgIpc) is 2.95. The van der Waals surface area contributed by atoms with Gasteiger partial charge in [0.25, 0.3) is 0 Å². The molecule has 11 heteroatoms. The third-order valence-electron chi connectivity index (χ3n) is 5.60. The number of rotatable bonds is 12. The molecule has 3 rings (SSSR count). The molecule has 0 aliphatic carbocycles. The third-order valence-corrected chi connectivity index (χ3v) is 5.90. The van der Waals surface area contributed by atoms with Crippen molar-refractivity contribution in [3.63, 3.8) is 0 Å². The molecule has 10 nitrogen and oxygen atoms in total. The van der Waals surface area contributed by atoms with Crippen molar-refractivity contribution in [2.75, 3.05) is 40.9 Å². The zero-order valence-electron chi connectivity index (χ0n) is 21.9. The summed E-state index contributed by atoms with van der Waals surface area (Å²) in [7, 11) is 7.41. The van der Waals surface area contributed by atoms with Gasteiger partial charge in [-0.1, -0.05) is 23.8 Å². The first-order chi connectivity index (χ1) is 18.8. The van der Waals surface area contributed by atoms with Crippen molar-refractivity contribution >= 4 is 40.9 Å². The fourth-order valence-electron chi connectivity index (χ4n) is 3.66. The van der Waals surface area contributed by atoms with Crippen LogP contribution in [0, 0.1) is 10.1 Å². The summed E-state index contributed by atoms with van der Waals surface area (Å²) in [6.45, 7) is 0. The zero-order valence-corrected chi connectivity index (χ0v) is 22.7. The van der Waals surface area contributed by atoms with E-state index < -0.39 is 10.7 Å². The Labute approximate surface area is 230 Å². The highest BCUT2D eigenvalue weighted by molar-refractivity contribution is 6.32. The van der Waals surface area contributed by atoms with Gasteiger partial charge < -0.3 is 29.0 Å². The van der Waals surface area contributed by atoms with Crippen molar-refractivity contribution in [3.05, 3.63) is 86.6 Å². The maximum atomic E-state index is 12.7. The first-order valence-electron chi connectivity index (χ1n) is 11.4. The number of nitrogens with one attached hydrogen (secondary N) is 1. The number of methoxy groups -OCH3 is 5. The number of ether oxygens (including phenoxy) is 5. The van der Waals surface area contributed by atoms with E-state index in [4.69, 9.17) is 35.3 Å². The maximum Gasteiger partial charge on any atom is 0.311 e. The average molecular weight is 555 g/mol. The van der Waals surface area contributed by atoms with E-state index in [9.17, 15) is 14.9 Å². The van der Waals surface area contributed by atoms with Crippen molar-refractivity contribution in [1.29, 1.82) is 0 Å². The van der Waals surface area contributed by atoms with Crippen LogP contribution in [0.4, 0.5) is 11.4 Å². The molecule has 3 aromatic carbocycles. The molecule has 1 N–H and O–H groups in total. The highest BCUT2D eigenvalue weighted by Gasteiger charge is 2.17. The number of nitrogens with zero attached hydrogens (tertiary/aromatic N) is 1. The third kappa shape index (κ3) is 6.79. The molecule has 0 heterocycles. The molecule has 0 saturated heterocycles. The van der Waals surface area contributed by atoms with Gasteiger partial charge in [0.15, 0.2) is 23.0 Å². The van der Waals surface area contributed by atoms with Gasteiger partial charge in [0.1, 0.15) is 5.75 Å². The normalized spacial score (nSPS) is 10.9. The molecule has 0 radical (unpaired) electrons. The van der Waals surface area contributed by atoms with Crippen LogP contribution < -0.4 is 29.0 Å². The number of anilines is 1. The molecule has 0 fully saturated rings. The summed E-state index contributed by atoms with van der Waals surface area (Å²) in [5.41, 5.74) is 1.88. The van der Waals surface area contributed by atoms with E-state index in [2.05, 4.69) is 5.32 Å². The molecule has 3 aromatic rings. The first kappa shape index (κ1) is 28.9. The summed E-state index contributed by atoms with van der Waals surface area (Å²) in [6.07, 6.45) is 6.34. The largest absolute Gasteiger partial charge is 0.495 e. The number of benzene rings is 3. The van der Waals surface area contributed by atoms with Crippen LogP contribution in [-0.4, -0.2) is 46.3 Å². The number of hydrogen-bond donors (Lipinski definition) is 1. The minimum Gasteiger partial charge on any atom is -0.495 e. The summed E-state index contributed by atoms with van der Waals surface area (Å²) in [5.74, 6) is 1.53. The lowest BCUT2D eigenvalue weighted by molar-refractivity contribution is -0.385. The fourth-order valence-corrected chi connectivity index (χ4v) is 3.91. The Hall–Kier alpha value is -4.70. The summed E-state index contributed by atoms with van der Waals surface area (Å²) < 4.78 is 26.5. The van der Waals surface area contributed by atoms with E-state index in [0.29, 0.717) is 39.3 Å². The second-order valence-corrected chi connectivity index (χ2v) is 8.26. The number of nitro benzene ring substituents is 1. The molecule has 0 aliphatic rings. The first-order valence-corrected chi connectivity index (χ1v) is 11.8. The monoisotopic (exact) mass is 554 g/mol. The second-order valence-electron chi connectivity index (χ2n) is 7.85. The van der Waals surface area contributed by atoms with Crippen LogP contribution in [0.1, 0.15) is 21.5 Å². The van der Waals surface area contributed by atoms with Crippen molar-refractivity contribution in [2.24, 2.45) is 0 Å². The summed E-state index contributed by atoms with van der Waals surface area (Å²) in [4.78, 5) is 23.3. The number of halogens is 1. The van der Waals surface area contributed by atoms with Gasteiger partial charge in [0.2, 0.25) is 5.75 Å².